The van der Waals surface area contributed by atoms with Gasteiger partial charge in [-0.3, -0.25) is 0 Å². The quantitative estimate of drug-likeness (QED) is 0.680. The summed E-state index contributed by atoms with van der Waals surface area (Å²) in [6.45, 7) is 2.57. The fraction of sp³-hybridized carbons (Fsp3) is 0.375. The summed E-state index contributed by atoms with van der Waals surface area (Å²) in [6, 6.07) is 5.21. The maximum atomic E-state index is 12.8. The highest BCUT2D eigenvalue weighted by atomic mass is 32.1. The van der Waals surface area contributed by atoms with Crippen LogP contribution in [-0.2, 0) is 6.42 Å². The zero-order valence-corrected chi connectivity index (χ0v) is 13.7. The molecular weight excluding hydrogens is 317 g/mol. The number of amides is 2. The molecule has 1 unspecified atom stereocenters. The van der Waals surface area contributed by atoms with E-state index in [1.165, 1.54) is 24.3 Å². The molecule has 1 aromatic carbocycles. The first-order chi connectivity index (χ1) is 11.0. The molecule has 0 radical (unpaired) electrons. The number of aliphatic hydroxyl groups excluding tert-OH is 1. The number of carbonyl (C=O) groups is 1. The van der Waals surface area contributed by atoms with Gasteiger partial charge in [-0.25, -0.2) is 14.2 Å². The summed E-state index contributed by atoms with van der Waals surface area (Å²) in [5.74, 6) is -0.359. The highest BCUT2D eigenvalue weighted by Gasteiger charge is 2.09. The first-order valence-corrected chi connectivity index (χ1v) is 8.29. The molecule has 2 amide bonds. The van der Waals surface area contributed by atoms with Crippen molar-refractivity contribution in [3.8, 4) is 0 Å². The summed E-state index contributed by atoms with van der Waals surface area (Å²) in [6.07, 6.45) is 0.775. The van der Waals surface area contributed by atoms with Crippen LogP contribution in [0.4, 0.5) is 9.18 Å². The minimum Gasteiger partial charge on any atom is -0.387 e. The summed E-state index contributed by atoms with van der Waals surface area (Å²) in [4.78, 5) is 16.0. The number of aryl methyl sites for hydroxylation is 2. The second-order valence-electron chi connectivity index (χ2n) is 5.19. The minimum absolute atomic E-state index is 0.0726. The lowest BCUT2D eigenvalue weighted by atomic mass is 10.1. The number of urea groups is 1. The molecule has 0 fully saturated rings. The second-order valence-corrected chi connectivity index (χ2v) is 6.13. The number of benzene rings is 1. The van der Waals surface area contributed by atoms with Crippen molar-refractivity contribution in [2.24, 2.45) is 0 Å². The predicted molar refractivity (Wildman–Crippen MR) is 87.9 cm³/mol. The van der Waals surface area contributed by atoms with E-state index in [1.54, 1.807) is 11.3 Å². The van der Waals surface area contributed by atoms with E-state index in [-0.39, 0.29) is 18.4 Å². The van der Waals surface area contributed by atoms with Gasteiger partial charge in [-0.1, -0.05) is 12.1 Å². The van der Waals surface area contributed by atoms with Crippen molar-refractivity contribution < 1.29 is 14.3 Å². The first-order valence-electron chi connectivity index (χ1n) is 7.41. The summed E-state index contributed by atoms with van der Waals surface area (Å²) < 4.78 is 12.8. The van der Waals surface area contributed by atoms with Crippen molar-refractivity contribution in [2.45, 2.75) is 25.9 Å². The first kappa shape index (κ1) is 17.4. The third-order valence-corrected chi connectivity index (χ3v) is 4.26. The van der Waals surface area contributed by atoms with Crippen LogP contribution >= 0.6 is 11.3 Å². The van der Waals surface area contributed by atoms with Gasteiger partial charge >= 0.3 is 6.03 Å². The fourth-order valence-electron chi connectivity index (χ4n) is 2.01. The Morgan fingerprint density at radius 3 is 2.74 bits per heavy atom. The molecule has 1 aromatic heterocycles. The largest absolute Gasteiger partial charge is 0.387 e. The van der Waals surface area contributed by atoms with E-state index in [0.717, 1.165) is 23.5 Å². The van der Waals surface area contributed by atoms with E-state index in [1.807, 2.05) is 12.3 Å². The highest BCUT2D eigenvalue weighted by Crippen LogP contribution is 2.12. The Kier molecular flexibility index (Phi) is 6.49. The lowest BCUT2D eigenvalue weighted by molar-refractivity contribution is 0.173. The van der Waals surface area contributed by atoms with Gasteiger partial charge in [0, 0.05) is 30.6 Å². The van der Waals surface area contributed by atoms with Gasteiger partial charge in [-0.05, 0) is 31.0 Å². The zero-order valence-electron chi connectivity index (χ0n) is 12.9. The van der Waals surface area contributed by atoms with E-state index in [0.29, 0.717) is 12.1 Å². The molecule has 0 aliphatic heterocycles. The normalized spacial score (nSPS) is 12.0. The second kappa shape index (κ2) is 8.59. The van der Waals surface area contributed by atoms with Crippen molar-refractivity contribution in [2.75, 3.05) is 13.1 Å². The van der Waals surface area contributed by atoms with Gasteiger partial charge in [0.05, 0.1) is 11.1 Å². The van der Waals surface area contributed by atoms with Crippen LogP contribution in [0.25, 0.3) is 0 Å². The number of aromatic nitrogens is 1. The molecule has 0 saturated carbocycles. The van der Waals surface area contributed by atoms with Gasteiger partial charge < -0.3 is 15.7 Å². The standard InChI is InChI=1S/C16H20FN3O2S/c1-11-10-23-15(20-11)3-2-8-18-16(22)19-9-14(21)12-4-6-13(17)7-5-12/h4-7,10,14,21H,2-3,8-9H2,1H3,(H2,18,19,22). The third-order valence-electron chi connectivity index (χ3n) is 3.23. The number of hydrogen-bond donors (Lipinski definition) is 3. The van der Waals surface area contributed by atoms with Crippen LogP contribution in [0.2, 0.25) is 0 Å². The van der Waals surface area contributed by atoms with Crippen molar-refractivity contribution in [3.05, 3.63) is 51.7 Å². The zero-order chi connectivity index (χ0) is 16.7. The lowest BCUT2D eigenvalue weighted by Crippen LogP contribution is -2.38. The summed E-state index contributed by atoms with van der Waals surface area (Å²) in [5.41, 5.74) is 1.58. The number of hydrogen-bond acceptors (Lipinski definition) is 4. The molecule has 0 aliphatic rings. The fourth-order valence-corrected chi connectivity index (χ4v) is 2.83. The van der Waals surface area contributed by atoms with Crippen LogP contribution < -0.4 is 10.6 Å². The SMILES string of the molecule is Cc1csc(CCCNC(=O)NCC(O)c2ccc(F)cc2)n1. The van der Waals surface area contributed by atoms with Gasteiger partial charge in [-0.15, -0.1) is 11.3 Å². The maximum absolute atomic E-state index is 12.8. The molecule has 1 heterocycles. The van der Waals surface area contributed by atoms with Gasteiger partial charge in [0.2, 0.25) is 0 Å². The van der Waals surface area contributed by atoms with Crippen LogP contribution in [0, 0.1) is 12.7 Å². The molecule has 0 bridgehead atoms. The molecule has 0 spiro atoms. The summed E-state index contributed by atoms with van der Waals surface area (Å²) >= 11 is 1.62. The Labute approximate surface area is 138 Å². The van der Waals surface area contributed by atoms with Gasteiger partial charge in [0.25, 0.3) is 0 Å². The topological polar surface area (TPSA) is 74.2 Å². The highest BCUT2D eigenvalue weighted by molar-refractivity contribution is 7.09. The van der Waals surface area contributed by atoms with Crippen molar-refractivity contribution in [1.82, 2.24) is 15.6 Å². The Balaban J connectivity index is 1.62. The molecule has 5 nitrogen and oxygen atoms in total. The maximum Gasteiger partial charge on any atom is 0.314 e. The molecule has 124 valence electrons. The van der Waals surface area contributed by atoms with Gasteiger partial charge in [-0.2, -0.15) is 0 Å². The minimum atomic E-state index is -0.861. The molecule has 23 heavy (non-hydrogen) atoms. The van der Waals surface area contributed by atoms with Crippen LogP contribution in [0.5, 0.6) is 0 Å². The molecule has 1 atom stereocenters. The Morgan fingerprint density at radius 1 is 1.35 bits per heavy atom. The van der Waals surface area contributed by atoms with Crippen LogP contribution in [-0.4, -0.2) is 29.2 Å². The van der Waals surface area contributed by atoms with E-state index >= 15 is 0 Å². The third kappa shape index (κ3) is 5.96. The number of rotatable bonds is 7. The number of halogens is 1. The molecule has 2 aromatic rings. The number of aliphatic hydroxyl groups is 1. The Morgan fingerprint density at radius 2 is 2.09 bits per heavy atom. The molecule has 7 heteroatoms. The van der Waals surface area contributed by atoms with Crippen LogP contribution in [0.1, 0.15) is 28.8 Å². The summed E-state index contributed by atoms with van der Waals surface area (Å²) in [5, 5.41) is 18.3. The van der Waals surface area contributed by atoms with Crippen molar-refractivity contribution >= 4 is 17.4 Å². The molecular formula is C16H20FN3O2S. The molecule has 0 saturated heterocycles. The van der Waals surface area contributed by atoms with E-state index in [4.69, 9.17) is 0 Å². The number of nitrogens with zero attached hydrogens (tertiary/aromatic N) is 1. The van der Waals surface area contributed by atoms with Gasteiger partial charge in [0.1, 0.15) is 5.82 Å². The van der Waals surface area contributed by atoms with E-state index in [9.17, 15) is 14.3 Å². The van der Waals surface area contributed by atoms with Gasteiger partial charge in [0.15, 0.2) is 0 Å². The van der Waals surface area contributed by atoms with E-state index < -0.39 is 6.10 Å². The predicted octanol–water partition coefficient (Wildman–Crippen LogP) is 2.56. The number of nitrogens with one attached hydrogen (secondary N) is 2. The molecule has 0 aliphatic carbocycles. The molecule has 3 N–H and O–H groups in total. The Hall–Kier alpha value is -1.99. The lowest BCUT2D eigenvalue weighted by Gasteiger charge is -2.13. The monoisotopic (exact) mass is 337 g/mol. The number of carbonyl (C=O) groups excluding carboxylic acids is 1. The van der Waals surface area contributed by atoms with Crippen molar-refractivity contribution in [3.63, 3.8) is 0 Å². The van der Waals surface area contributed by atoms with Crippen LogP contribution in [0.3, 0.4) is 0 Å². The average Bonchev–Trinajstić information content (AvgIpc) is 2.95. The molecule has 2 rings (SSSR count). The smallest absolute Gasteiger partial charge is 0.314 e. The summed E-state index contributed by atoms with van der Waals surface area (Å²) in [7, 11) is 0. The average molecular weight is 337 g/mol. The van der Waals surface area contributed by atoms with Crippen LogP contribution in [0.15, 0.2) is 29.6 Å². The van der Waals surface area contributed by atoms with E-state index in [2.05, 4.69) is 15.6 Å². The van der Waals surface area contributed by atoms with Crippen molar-refractivity contribution in [1.29, 1.82) is 0 Å². The number of thiazole rings is 1. The Bertz CT molecular complexity index is 631.